The van der Waals surface area contributed by atoms with Crippen molar-refractivity contribution < 1.29 is 9.50 Å². The molecule has 1 nitrogen and oxygen atoms in total. The van der Waals surface area contributed by atoms with E-state index in [9.17, 15) is 4.39 Å². The molecule has 0 amide bonds. The van der Waals surface area contributed by atoms with Crippen LogP contribution in [0.2, 0.25) is 0 Å². The minimum atomic E-state index is -0.223. The number of aryl methyl sites for hydroxylation is 1. The van der Waals surface area contributed by atoms with Gasteiger partial charge in [0, 0.05) is 0 Å². The van der Waals surface area contributed by atoms with E-state index in [1.165, 1.54) is 6.07 Å². The number of rotatable bonds is 2. The Hall–Kier alpha value is -0.890. The topological polar surface area (TPSA) is 20.2 Å². The van der Waals surface area contributed by atoms with Gasteiger partial charge in [-0.3, -0.25) is 0 Å². The van der Waals surface area contributed by atoms with Crippen LogP contribution in [-0.4, -0.2) is 5.11 Å². The minimum absolute atomic E-state index is 0.0963. The molecule has 0 aromatic heterocycles. The normalized spacial score (nSPS) is 10.1. The Morgan fingerprint density at radius 2 is 2.18 bits per heavy atom. The van der Waals surface area contributed by atoms with E-state index in [0.717, 1.165) is 0 Å². The van der Waals surface area contributed by atoms with Crippen LogP contribution < -0.4 is 0 Å². The summed E-state index contributed by atoms with van der Waals surface area (Å²) in [5, 5.41) is 8.66. The van der Waals surface area contributed by atoms with Crippen LogP contribution in [0, 0.1) is 5.82 Å². The van der Waals surface area contributed by atoms with Gasteiger partial charge in [0.1, 0.15) is 5.82 Å². The summed E-state index contributed by atoms with van der Waals surface area (Å²) in [4.78, 5) is 0. The summed E-state index contributed by atoms with van der Waals surface area (Å²) in [6.45, 7) is 1.80. The molecule has 0 saturated heterocycles. The van der Waals surface area contributed by atoms with Gasteiger partial charge < -0.3 is 5.11 Å². The van der Waals surface area contributed by atoms with E-state index in [-0.39, 0.29) is 12.4 Å². The second-order valence-electron chi connectivity index (χ2n) is 2.44. The molecular formula is C9H11FO. The average Bonchev–Trinajstić information content (AvgIpc) is 2.04. The maximum Gasteiger partial charge on any atom is 0.126 e. The van der Waals surface area contributed by atoms with E-state index in [4.69, 9.17) is 5.11 Å². The number of aliphatic hydroxyl groups is 1. The fourth-order valence-corrected chi connectivity index (χ4v) is 0.976. The van der Waals surface area contributed by atoms with E-state index in [2.05, 4.69) is 0 Å². The second-order valence-corrected chi connectivity index (χ2v) is 2.44. The minimum Gasteiger partial charge on any atom is -0.392 e. The van der Waals surface area contributed by atoms with Gasteiger partial charge >= 0.3 is 0 Å². The summed E-state index contributed by atoms with van der Waals surface area (Å²) >= 11 is 0. The largest absolute Gasteiger partial charge is 0.392 e. The summed E-state index contributed by atoms with van der Waals surface area (Å²) < 4.78 is 12.9. The maximum absolute atomic E-state index is 12.9. The Bertz CT molecular complexity index is 245. The van der Waals surface area contributed by atoms with Crippen LogP contribution in [0.25, 0.3) is 0 Å². The molecule has 1 aromatic carbocycles. The van der Waals surface area contributed by atoms with Crippen LogP contribution >= 0.6 is 0 Å². The molecule has 11 heavy (non-hydrogen) atoms. The van der Waals surface area contributed by atoms with Gasteiger partial charge in [-0.2, -0.15) is 0 Å². The molecule has 0 bridgehead atoms. The van der Waals surface area contributed by atoms with Crippen molar-refractivity contribution in [1.29, 1.82) is 0 Å². The molecule has 2 heteroatoms. The molecule has 0 aliphatic carbocycles. The Labute approximate surface area is 65.5 Å². The fraction of sp³-hybridized carbons (Fsp3) is 0.333. The number of aliphatic hydroxyl groups excluding tert-OH is 1. The molecule has 1 rings (SSSR count). The Balaban J connectivity index is 2.99. The lowest BCUT2D eigenvalue weighted by Crippen LogP contribution is -1.90. The Kier molecular flexibility index (Phi) is 2.60. The zero-order chi connectivity index (χ0) is 8.27. The highest BCUT2D eigenvalue weighted by atomic mass is 19.1. The molecule has 0 heterocycles. The highest BCUT2D eigenvalue weighted by molar-refractivity contribution is 5.23. The van der Waals surface area contributed by atoms with E-state index in [1.54, 1.807) is 12.1 Å². The van der Waals surface area contributed by atoms with Gasteiger partial charge in [-0.25, -0.2) is 4.39 Å². The molecule has 1 aromatic rings. The number of hydrogen-bond donors (Lipinski definition) is 1. The first kappa shape index (κ1) is 8.21. The van der Waals surface area contributed by atoms with Crippen molar-refractivity contribution in [3.63, 3.8) is 0 Å². The fourth-order valence-electron chi connectivity index (χ4n) is 0.976. The first-order valence-corrected chi connectivity index (χ1v) is 3.66. The lowest BCUT2D eigenvalue weighted by atomic mass is 10.1. The summed E-state index contributed by atoms with van der Waals surface area (Å²) in [6, 6.07) is 4.82. The quantitative estimate of drug-likeness (QED) is 0.689. The summed E-state index contributed by atoms with van der Waals surface area (Å²) in [5.74, 6) is -0.223. The molecule has 0 aliphatic heterocycles. The van der Waals surface area contributed by atoms with Gasteiger partial charge in [-0.15, -0.1) is 0 Å². The number of hydrogen-bond acceptors (Lipinski definition) is 1. The highest BCUT2D eigenvalue weighted by Crippen LogP contribution is 2.10. The third-order valence-electron chi connectivity index (χ3n) is 1.68. The highest BCUT2D eigenvalue weighted by Gasteiger charge is 1.99. The van der Waals surface area contributed by atoms with Gasteiger partial charge in [0.2, 0.25) is 0 Å². The summed E-state index contributed by atoms with van der Waals surface area (Å²) in [5.41, 5.74) is 1.32. The standard InChI is InChI=1S/C9H11FO/c1-2-8-4-3-7(6-11)5-9(8)10/h3-5,11H,2,6H2,1H3. The Morgan fingerprint density at radius 1 is 1.45 bits per heavy atom. The summed E-state index contributed by atoms with van der Waals surface area (Å²) in [6.07, 6.45) is 0.692. The van der Waals surface area contributed by atoms with Gasteiger partial charge in [0.25, 0.3) is 0 Å². The zero-order valence-corrected chi connectivity index (χ0v) is 6.47. The monoisotopic (exact) mass is 154 g/mol. The molecule has 0 fully saturated rings. The molecule has 0 spiro atoms. The smallest absolute Gasteiger partial charge is 0.126 e. The van der Waals surface area contributed by atoms with Crippen molar-refractivity contribution >= 4 is 0 Å². The van der Waals surface area contributed by atoms with E-state index in [1.807, 2.05) is 6.92 Å². The number of benzene rings is 1. The number of halogens is 1. The van der Waals surface area contributed by atoms with Crippen molar-refractivity contribution in [3.8, 4) is 0 Å². The lowest BCUT2D eigenvalue weighted by Gasteiger charge is -2.00. The predicted molar refractivity (Wildman–Crippen MR) is 41.7 cm³/mol. The van der Waals surface area contributed by atoms with Gasteiger partial charge in [-0.05, 0) is 23.6 Å². The van der Waals surface area contributed by atoms with Crippen LogP contribution in [0.5, 0.6) is 0 Å². The first-order valence-electron chi connectivity index (χ1n) is 3.66. The molecule has 60 valence electrons. The average molecular weight is 154 g/mol. The van der Waals surface area contributed by atoms with Gasteiger partial charge in [0.15, 0.2) is 0 Å². The van der Waals surface area contributed by atoms with E-state index >= 15 is 0 Å². The predicted octanol–water partition coefficient (Wildman–Crippen LogP) is 1.88. The van der Waals surface area contributed by atoms with Crippen molar-refractivity contribution in [2.75, 3.05) is 0 Å². The zero-order valence-electron chi connectivity index (χ0n) is 6.47. The third kappa shape index (κ3) is 1.77. The summed E-state index contributed by atoms with van der Waals surface area (Å²) in [7, 11) is 0. The first-order chi connectivity index (χ1) is 5.27. The van der Waals surface area contributed by atoms with Gasteiger partial charge in [0.05, 0.1) is 6.61 Å². The van der Waals surface area contributed by atoms with Crippen molar-refractivity contribution in [2.45, 2.75) is 20.0 Å². The van der Waals surface area contributed by atoms with Crippen LogP contribution in [0.4, 0.5) is 4.39 Å². The van der Waals surface area contributed by atoms with E-state index in [0.29, 0.717) is 17.5 Å². The molecule has 0 atom stereocenters. The molecule has 1 N–H and O–H groups in total. The molecular weight excluding hydrogens is 143 g/mol. The van der Waals surface area contributed by atoms with Crippen molar-refractivity contribution in [2.24, 2.45) is 0 Å². The van der Waals surface area contributed by atoms with Gasteiger partial charge in [-0.1, -0.05) is 19.1 Å². The van der Waals surface area contributed by atoms with Crippen molar-refractivity contribution in [3.05, 3.63) is 35.1 Å². The van der Waals surface area contributed by atoms with Crippen molar-refractivity contribution in [1.82, 2.24) is 0 Å². The lowest BCUT2D eigenvalue weighted by molar-refractivity contribution is 0.281. The second kappa shape index (κ2) is 3.49. The third-order valence-corrected chi connectivity index (χ3v) is 1.68. The molecule has 0 saturated carbocycles. The molecule has 0 unspecified atom stereocenters. The maximum atomic E-state index is 12.9. The van der Waals surface area contributed by atoms with Crippen LogP contribution in [-0.2, 0) is 13.0 Å². The SMILES string of the molecule is CCc1ccc(CO)cc1F. The van der Waals surface area contributed by atoms with Crippen LogP contribution in [0.3, 0.4) is 0 Å². The van der Waals surface area contributed by atoms with E-state index < -0.39 is 0 Å². The van der Waals surface area contributed by atoms with Crippen LogP contribution in [0.1, 0.15) is 18.1 Å². The molecule has 0 aliphatic rings. The van der Waals surface area contributed by atoms with Crippen LogP contribution in [0.15, 0.2) is 18.2 Å². The Morgan fingerprint density at radius 3 is 2.64 bits per heavy atom. The molecule has 0 radical (unpaired) electrons.